The van der Waals surface area contributed by atoms with Crippen LogP contribution in [0.5, 0.6) is 0 Å². The molecule has 1 saturated heterocycles. The van der Waals surface area contributed by atoms with Gasteiger partial charge in [0.2, 0.25) is 5.91 Å². The molecule has 7 nitrogen and oxygen atoms in total. The maximum absolute atomic E-state index is 12.7. The van der Waals surface area contributed by atoms with Gasteiger partial charge in [-0.3, -0.25) is 4.79 Å². The van der Waals surface area contributed by atoms with E-state index in [4.69, 9.17) is 11.6 Å². The number of hydrogen-bond donors (Lipinski definition) is 3. The fourth-order valence-electron chi connectivity index (χ4n) is 4.37. The molecule has 0 spiro atoms. The second kappa shape index (κ2) is 8.47. The molecule has 4 rings (SSSR count). The molecule has 2 heterocycles. The molecule has 2 aliphatic rings. The summed E-state index contributed by atoms with van der Waals surface area (Å²) in [5.41, 5.74) is 1.08. The second-order valence-electron chi connectivity index (χ2n) is 8.69. The van der Waals surface area contributed by atoms with Crippen molar-refractivity contribution < 1.29 is 14.7 Å². The predicted octanol–water partition coefficient (Wildman–Crippen LogP) is 3.26. The Labute approximate surface area is 181 Å². The first-order valence-corrected chi connectivity index (χ1v) is 11.0. The van der Waals surface area contributed by atoms with Crippen molar-refractivity contribution >= 4 is 34.4 Å². The number of benzene rings is 1. The average molecular weight is 433 g/mol. The first kappa shape index (κ1) is 21.0. The molecule has 162 valence electrons. The Morgan fingerprint density at radius 2 is 2.13 bits per heavy atom. The van der Waals surface area contributed by atoms with Crippen LogP contribution in [0.25, 0.3) is 10.9 Å². The van der Waals surface area contributed by atoms with Crippen molar-refractivity contribution in [1.82, 2.24) is 20.1 Å². The minimum absolute atomic E-state index is 0.00700. The largest absolute Gasteiger partial charge is 0.389 e. The van der Waals surface area contributed by atoms with Crippen LogP contribution in [0.2, 0.25) is 5.02 Å². The monoisotopic (exact) mass is 432 g/mol. The first-order valence-electron chi connectivity index (χ1n) is 10.6. The number of piperidine rings is 1. The van der Waals surface area contributed by atoms with E-state index in [1.165, 1.54) is 0 Å². The maximum atomic E-state index is 12.7. The highest BCUT2D eigenvalue weighted by atomic mass is 35.5. The second-order valence-corrected chi connectivity index (χ2v) is 9.12. The molecule has 1 saturated carbocycles. The number of nitrogens with one attached hydrogen (secondary N) is 2. The number of H-pyrrole nitrogens is 1. The Bertz CT molecular complexity index is 940. The van der Waals surface area contributed by atoms with Crippen molar-refractivity contribution in [3.05, 3.63) is 35.0 Å². The summed E-state index contributed by atoms with van der Waals surface area (Å²) in [6, 6.07) is 7.43. The Morgan fingerprint density at radius 1 is 1.33 bits per heavy atom. The van der Waals surface area contributed by atoms with E-state index < -0.39 is 5.60 Å². The van der Waals surface area contributed by atoms with Crippen LogP contribution in [0.3, 0.4) is 0 Å². The fourth-order valence-corrected chi connectivity index (χ4v) is 4.55. The lowest BCUT2D eigenvalue weighted by atomic mass is 9.77. The normalized spacial score (nSPS) is 20.6. The van der Waals surface area contributed by atoms with E-state index >= 15 is 0 Å². The Hall–Kier alpha value is -2.25. The van der Waals surface area contributed by atoms with Crippen molar-refractivity contribution in [2.75, 3.05) is 20.1 Å². The van der Waals surface area contributed by atoms with Gasteiger partial charge in [0.1, 0.15) is 0 Å². The van der Waals surface area contributed by atoms with E-state index in [1.807, 2.05) is 24.3 Å². The summed E-state index contributed by atoms with van der Waals surface area (Å²) < 4.78 is 0. The Balaban J connectivity index is 1.30. The summed E-state index contributed by atoms with van der Waals surface area (Å²) in [6.07, 6.45) is 4.31. The molecule has 2 aromatic rings. The molecule has 1 aliphatic carbocycles. The smallest absolute Gasteiger partial charge is 0.317 e. The van der Waals surface area contributed by atoms with Gasteiger partial charge in [0.05, 0.1) is 24.6 Å². The number of rotatable bonds is 5. The van der Waals surface area contributed by atoms with Crippen molar-refractivity contribution in [1.29, 1.82) is 0 Å². The van der Waals surface area contributed by atoms with Crippen molar-refractivity contribution in [2.24, 2.45) is 0 Å². The molecule has 8 heteroatoms. The summed E-state index contributed by atoms with van der Waals surface area (Å²) in [6.45, 7) is 1.60. The van der Waals surface area contributed by atoms with Crippen LogP contribution >= 0.6 is 11.6 Å². The number of carbonyl (C=O) groups excluding carboxylic acids is 2. The molecule has 3 N–H and O–H groups in total. The number of aromatic nitrogens is 1. The number of hydrogen-bond acceptors (Lipinski definition) is 3. The van der Waals surface area contributed by atoms with Crippen LogP contribution in [-0.2, 0) is 11.3 Å². The standard InChI is InChI=1S/C22H29ClN4O3/c1-26(18-4-2-9-27(14-18)20(28)12-22(30)7-3-8-22)21(29)24-13-17-11-15-10-16(23)5-6-19(15)25-17/h5-6,10-11,18,25,30H,2-4,7-9,12-14H2,1H3,(H,24,29). The molecule has 30 heavy (non-hydrogen) atoms. The third-order valence-electron chi connectivity index (χ3n) is 6.45. The van der Waals surface area contributed by atoms with Gasteiger partial charge in [-0.15, -0.1) is 0 Å². The molecule has 1 unspecified atom stereocenters. The van der Waals surface area contributed by atoms with Crippen LogP contribution in [-0.4, -0.2) is 63.6 Å². The molecule has 0 bridgehead atoms. The highest BCUT2D eigenvalue weighted by Gasteiger charge is 2.39. The highest BCUT2D eigenvalue weighted by Crippen LogP contribution is 2.35. The van der Waals surface area contributed by atoms with Crippen molar-refractivity contribution in [2.45, 2.75) is 56.7 Å². The maximum Gasteiger partial charge on any atom is 0.317 e. The summed E-state index contributed by atoms with van der Waals surface area (Å²) in [4.78, 5) is 32.1. The van der Waals surface area contributed by atoms with Gasteiger partial charge in [0.15, 0.2) is 0 Å². The Morgan fingerprint density at radius 3 is 2.87 bits per heavy atom. The number of likely N-dealkylation sites (tertiary alicyclic amines) is 1. The van der Waals surface area contributed by atoms with E-state index in [2.05, 4.69) is 10.3 Å². The number of nitrogens with zero attached hydrogens (tertiary/aromatic N) is 2. The van der Waals surface area contributed by atoms with E-state index in [0.29, 0.717) is 37.5 Å². The summed E-state index contributed by atoms with van der Waals surface area (Å²) >= 11 is 6.03. The lowest BCUT2D eigenvalue weighted by Crippen LogP contribution is -2.53. The van der Waals surface area contributed by atoms with Gasteiger partial charge in [0.25, 0.3) is 0 Å². The van der Waals surface area contributed by atoms with Gasteiger partial charge in [0, 0.05) is 41.8 Å². The van der Waals surface area contributed by atoms with Crippen LogP contribution in [0.15, 0.2) is 24.3 Å². The number of aromatic amines is 1. The summed E-state index contributed by atoms with van der Waals surface area (Å²) in [7, 11) is 1.78. The zero-order valence-electron chi connectivity index (χ0n) is 17.3. The zero-order chi connectivity index (χ0) is 21.3. The highest BCUT2D eigenvalue weighted by molar-refractivity contribution is 6.31. The molecule has 1 aliphatic heterocycles. The number of amides is 3. The van der Waals surface area contributed by atoms with Crippen molar-refractivity contribution in [3.8, 4) is 0 Å². The van der Waals surface area contributed by atoms with Gasteiger partial charge >= 0.3 is 6.03 Å². The third-order valence-corrected chi connectivity index (χ3v) is 6.69. The average Bonchev–Trinajstić information content (AvgIpc) is 3.12. The Kier molecular flexibility index (Phi) is 5.93. The summed E-state index contributed by atoms with van der Waals surface area (Å²) in [5.74, 6) is -0.00700. The number of carbonyl (C=O) groups is 2. The third kappa shape index (κ3) is 4.57. The molecule has 1 aromatic heterocycles. The van der Waals surface area contributed by atoms with E-state index in [9.17, 15) is 14.7 Å². The molecule has 1 atom stereocenters. The number of urea groups is 1. The lowest BCUT2D eigenvalue weighted by molar-refractivity contribution is -0.142. The quantitative estimate of drug-likeness (QED) is 0.677. The van der Waals surface area contributed by atoms with Gasteiger partial charge < -0.3 is 25.2 Å². The van der Waals surface area contributed by atoms with Crippen LogP contribution in [0.1, 0.15) is 44.2 Å². The SMILES string of the molecule is CN(C(=O)NCc1cc2cc(Cl)ccc2[nH]1)C1CCCN(C(=O)CC2(O)CCC2)C1. The molecular formula is C22H29ClN4O3. The van der Waals surface area contributed by atoms with Crippen molar-refractivity contribution in [3.63, 3.8) is 0 Å². The fraction of sp³-hybridized carbons (Fsp3) is 0.545. The molecular weight excluding hydrogens is 404 g/mol. The number of fused-ring (bicyclic) bond motifs is 1. The van der Waals surface area contributed by atoms with Crippen LogP contribution in [0.4, 0.5) is 4.79 Å². The number of halogens is 1. The lowest BCUT2D eigenvalue weighted by Gasteiger charge is -2.41. The predicted molar refractivity (Wildman–Crippen MR) is 116 cm³/mol. The van der Waals surface area contributed by atoms with Gasteiger partial charge in [-0.25, -0.2) is 4.79 Å². The molecule has 1 aromatic carbocycles. The summed E-state index contributed by atoms with van der Waals surface area (Å²) in [5, 5.41) is 14.9. The topological polar surface area (TPSA) is 88.7 Å². The van der Waals surface area contributed by atoms with Gasteiger partial charge in [-0.2, -0.15) is 0 Å². The van der Waals surface area contributed by atoms with E-state index in [-0.39, 0.29) is 24.4 Å². The zero-order valence-corrected chi connectivity index (χ0v) is 18.0. The molecule has 2 fully saturated rings. The van der Waals surface area contributed by atoms with Gasteiger partial charge in [-0.05, 0) is 56.4 Å². The number of likely N-dealkylation sites (N-methyl/N-ethyl adjacent to an activating group) is 1. The van der Waals surface area contributed by atoms with E-state index in [0.717, 1.165) is 35.9 Å². The minimum atomic E-state index is -0.808. The van der Waals surface area contributed by atoms with Gasteiger partial charge in [-0.1, -0.05) is 11.6 Å². The minimum Gasteiger partial charge on any atom is -0.389 e. The number of aliphatic hydroxyl groups is 1. The van der Waals surface area contributed by atoms with Crippen LogP contribution < -0.4 is 5.32 Å². The van der Waals surface area contributed by atoms with Crippen LogP contribution in [0, 0.1) is 0 Å². The van der Waals surface area contributed by atoms with E-state index in [1.54, 1.807) is 16.8 Å². The molecule has 3 amide bonds. The first-order chi connectivity index (χ1) is 14.3. The molecule has 0 radical (unpaired) electrons.